The van der Waals surface area contributed by atoms with Crippen molar-refractivity contribution in [3.8, 4) is 0 Å². The summed E-state index contributed by atoms with van der Waals surface area (Å²) >= 11 is 0. The van der Waals surface area contributed by atoms with E-state index in [4.69, 9.17) is 0 Å². The highest BCUT2D eigenvalue weighted by Gasteiger charge is 2.55. The number of anilines is 1. The summed E-state index contributed by atoms with van der Waals surface area (Å²) in [5, 5.41) is 9.63. The van der Waals surface area contributed by atoms with Gasteiger partial charge >= 0.3 is 11.3 Å². The minimum atomic E-state index is -4.91. The first-order valence-electron chi connectivity index (χ1n) is 9.71. The normalized spacial score (nSPS) is 18.4. The number of sulfone groups is 1. The molecule has 162 valence electrons. The van der Waals surface area contributed by atoms with Gasteiger partial charge in [-0.05, 0) is 44.7 Å². The van der Waals surface area contributed by atoms with Crippen LogP contribution in [-0.4, -0.2) is 57.7 Å². The second kappa shape index (κ2) is 7.56. The fourth-order valence-corrected chi connectivity index (χ4v) is 5.33. The van der Waals surface area contributed by atoms with Crippen LogP contribution in [0.25, 0.3) is 0 Å². The van der Waals surface area contributed by atoms with E-state index in [1.54, 1.807) is 13.0 Å². The van der Waals surface area contributed by atoms with E-state index in [2.05, 4.69) is 20.6 Å². The van der Waals surface area contributed by atoms with Gasteiger partial charge in [-0.1, -0.05) is 0 Å². The lowest BCUT2D eigenvalue weighted by atomic mass is 9.97. The van der Waals surface area contributed by atoms with Crippen molar-refractivity contribution < 1.29 is 22.0 Å². The molecule has 2 fully saturated rings. The Morgan fingerprint density at radius 2 is 1.90 bits per heavy atom. The molecule has 1 saturated carbocycles. The van der Waals surface area contributed by atoms with Crippen molar-refractivity contribution in [1.29, 1.82) is 0 Å². The second-order valence-electron chi connectivity index (χ2n) is 7.69. The number of rotatable bonds is 5. The molecule has 0 atom stereocenters. The molecule has 2 aromatic heterocycles. The smallest absolute Gasteiger partial charge is 0.325 e. The molecule has 12 heteroatoms. The Morgan fingerprint density at radius 1 is 1.20 bits per heavy atom. The van der Waals surface area contributed by atoms with Crippen molar-refractivity contribution in [3.63, 3.8) is 0 Å². The maximum Gasteiger partial charge on any atom is 0.354 e. The summed E-state index contributed by atoms with van der Waals surface area (Å²) in [6.07, 6.45) is 4.01. The molecule has 1 aliphatic heterocycles. The van der Waals surface area contributed by atoms with Gasteiger partial charge in [-0.3, -0.25) is 4.68 Å². The molecule has 0 unspecified atom stereocenters. The maximum atomic E-state index is 15.2. The van der Waals surface area contributed by atoms with Gasteiger partial charge in [0.1, 0.15) is 0 Å². The first-order valence-corrected chi connectivity index (χ1v) is 11.2. The van der Waals surface area contributed by atoms with E-state index in [-0.39, 0.29) is 32.0 Å². The largest absolute Gasteiger partial charge is 0.354 e. The van der Waals surface area contributed by atoms with Gasteiger partial charge in [0.25, 0.3) is 9.84 Å². The molecule has 0 bridgehead atoms. The van der Waals surface area contributed by atoms with Gasteiger partial charge < -0.3 is 10.2 Å². The number of nitrogens with one attached hydrogen (secondary N) is 1. The first-order chi connectivity index (χ1) is 14.2. The maximum absolute atomic E-state index is 15.2. The highest BCUT2D eigenvalue weighted by Crippen LogP contribution is 2.44. The zero-order chi connectivity index (χ0) is 21.5. The predicted octanol–water partition coefficient (Wildman–Crippen LogP) is 2.63. The van der Waals surface area contributed by atoms with Gasteiger partial charge in [-0.15, -0.1) is 0 Å². The summed E-state index contributed by atoms with van der Waals surface area (Å²) in [6, 6.07) is 2.19. The number of aromatic nitrogens is 4. The number of urea groups is 1. The lowest BCUT2D eigenvalue weighted by molar-refractivity contribution is -0.0000145. The van der Waals surface area contributed by atoms with Crippen molar-refractivity contribution in [1.82, 2.24) is 24.9 Å². The fraction of sp³-hybridized carbons (Fsp3) is 0.556. The van der Waals surface area contributed by atoms with Crippen molar-refractivity contribution in [3.05, 3.63) is 30.2 Å². The Morgan fingerprint density at radius 3 is 2.50 bits per heavy atom. The third-order valence-corrected chi connectivity index (χ3v) is 7.35. The number of carbonyl (C=O) groups excluding carboxylic acids is 1. The van der Waals surface area contributed by atoms with Gasteiger partial charge in [0.05, 0.1) is 29.8 Å². The predicted molar refractivity (Wildman–Crippen MR) is 103 cm³/mol. The number of hydrogen-bond donors (Lipinski definition) is 1. The number of likely N-dealkylation sites (tertiary alicyclic amines) is 1. The van der Waals surface area contributed by atoms with Crippen LogP contribution in [-0.2, 0) is 9.84 Å². The zero-order valence-corrected chi connectivity index (χ0v) is 17.1. The molecule has 2 amide bonds. The molecule has 0 spiro atoms. The zero-order valence-electron chi connectivity index (χ0n) is 16.3. The Kier molecular flexibility index (Phi) is 5.20. The SMILES string of the molecule is Cc1cc(S(=O)(=O)C(F)(F)C2CCN(C(=O)Nc3ccnnc3)CC2)n(C2CC2)n1. The summed E-state index contributed by atoms with van der Waals surface area (Å²) in [6.45, 7) is 1.65. The summed E-state index contributed by atoms with van der Waals surface area (Å²) in [5.74, 6) is -1.38. The molecule has 1 aliphatic carbocycles. The standard InChI is InChI=1S/C18H22F2N6O3S/c1-12-10-16(26(24-12)15-2-3-15)30(28,29)18(19,20)13-5-8-25(9-6-13)17(27)23-14-4-7-21-22-11-14/h4,7,10-11,13,15H,2-3,5-6,8-9H2,1H3,(H,21,23,27). The van der Waals surface area contributed by atoms with Gasteiger partial charge in [0.15, 0.2) is 5.03 Å². The van der Waals surface area contributed by atoms with E-state index in [0.29, 0.717) is 11.4 Å². The van der Waals surface area contributed by atoms with Crippen molar-refractivity contribution in [2.45, 2.75) is 48.9 Å². The van der Waals surface area contributed by atoms with Crippen molar-refractivity contribution in [2.24, 2.45) is 5.92 Å². The molecular weight excluding hydrogens is 418 g/mol. The minimum Gasteiger partial charge on any atom is -0.325 e. The number of amides is 2. The van der Waals surface area contributed by atoms with Gasteiger partial charge in [-0.25, -0.2) is 13.2 Å². The summed E-state index contributed by atoms with van der Waals surface area (Å²) in [4.78, 5) is 13.7. The van der Waals surface area contributed by atoms with Gasteiger partial charge in [0, 0.05) is 19.0 Å². The minimum absolute atomic E-state index is 0.0288. The molecule has 4 rings (SSSR count). The van der Waals surface area contributed by atoms with Crippen LogP contribution in [0.1, 0.15) is 37.4 Å². The Hall–Kier alpha value is -2.63. The van der Waals surface area contributed by atoms with Crippen LogP contribution in [0.5, 0.6) is 0 Å². The number of halogens is 2. The van der Waals surface area contributed by atoms with Crippen LogP contribution in [0, 0.1) is 12.8 Å². The van der Waals surface area contributed by atoms with Crippen LogP contribution < -0.4 is 5.32 Å². The quantitative estimate of drug-likeness (QED) is 0.765. The average Bonchev–Trinajstić information content (AvgIpc) is 3.50. The number of carbonyl (C=O) groups is 1. The molecule has 30 heavy (non-hydrogen) atoms. The molecular formula is C18H22F2N6O3S. The molecule has 2 aliphatic rings. The van der Waals surface area contributed by atoms with Crippen LogP contribution in [0.4, 0.5) is 19.3 Å². The van der Waals surface area contributed by atoms with E-state index in [1.165, 1.54) is 28.0 Å². The van der Waals surface area contributed by atoms with Gasteiger partial charge in [-0.2, -0.15) is 24.1 Å². The van der Waals surface area contributed by atoms with E-state index in [9.17, 15) is 13.2 Å². The molecule has 0 radical (unpaired) electrons. The van der Waals surface area contributed by atoms with E-state index in [0.717, 1.165) is 12.8 Å². The summed E-state index contributed by atoms with van der Waals surface area (Å²) in [5.41, 5.74) is 0.835. The Labute approximate surface area is 172 Å². The number of hydrogen-bond acceptors (Lipinski definition) is 6. The molecule has 9 nitrogen and oxygen atoms in total. The number of nitrogens with zero attached hydrogens (tertiary/aromatic N) is 5. The van der Waals surface area contributed by atoms with Gasteiger partial charge in [0.2, 0.25) is 0 Å². The Balaban J connectivity index is 1.45. The lowest BCUT2D eigenvalue weighted by Gasteiger charge is -2.35. The van der Waals surface area contributed by atoms with E-state index in [1.807, 2.05) is 0 Å². The highest BCUT2D eigenvalue weighted by atomic mass is 32.2. The summed E-state index contributed by atoms with van der Waals surface area (Å²) < 4.78 is 57.3. The third kappa shape index (κ3) is 3.75. The van der Waals surface area contributed by atoms with Crippen molar-refractivity contribution >= 4 is 21.6 Å². The molecule has 2 aromatic rings. The monoisotopic (exact) mass is 440 g/mol. The Bertz CT molecular complexity index is 1030. The van der Waals surface area contributed by atoms with E-state index >= 15 is 8.78 Å². The number of piperidine rings is 1. The number of alkyl halides is 2. The lowest BCUT2D eigenvalue weighted by Crippen LogP contribution is -2.47. The molecule has 1 N–H and O–H groups in total. The van der Waals surface area contributed by atoms with Crippen molar-refractivity contribution in [2.75, 3.05) is 18.4 Å². The molecule has 1 saturated heterocycles. The second-order valence-corrected chi connectivity index (χ2v) is 9.66. The van der Waals surface area contributed by atoms with Crippen LogP contribution in [0.15, 0.2) is 29.6 Å². The molecule has 3 heterocycles. The highest BCUT2D eigenvalue weighted by molar-refractivity contribution is 7.92. The number of aryl methyl sites for hydroxylation is 1. The summed E-state index contributed by atoms with van der Waals surface area (Å²) in [7, 11) is -4.91. The van der Waals surface area contributed by atoms with Crippen LogP contribution in [0.2, 0.25) is 0 Å². The topological polar surface area (TPSA) is 110 Å². The first kappa shape index (κ1) is 20.6. The van der Waals surface area contributed by atoms with Crippen LogP contribution >= 0.6 is 0 Å². The fourth-order valence-electron chi connectivity index (χ4n) is 3.62. The molecule has 0 aromatic carbocycles. The average molecular weight is 440 g/mol. The van der Waals surface area contributed by atoms with Crippen LogP contribution in [0.3, 0.4) is 0 Å². The van der Waals surface area contributed by atoms with E-state index < -0.39 is 32.1 Å². The third-order valence-electron chi connectivity index (χ3n) is 5.44.